The number of hydrogen-bond acceptors (Lipinski definition) is 3. The highest BCUT2D eigenvalue weighted by molar-refractivity contribution is 5.74. The van der Waals surface area contributed by atoms with Crippen LogP contribution < -0.4 is 21.1 Å². The normalized spacial score (nSPS) is 15.2. The summed E-state index contributed by atoms with van der Waals surface area (Å²) in [5.74, 6) is 0.732. The molecule has 0 aromatic heterocycles. The molecule has 0 radical (unpaired) electrons. The number of urea groups is 1. The van der Waals surface area contributed by atoms with Gasteiger partial charge in [0.05, 0.1) is 7.11 Å². The zero-order valence-electron chi connectivity index (χ0n) is 11.2. The molecule has 19 heavy (non-hydrogen) atoms. The Balaban J connectivity index is 1.87. The van der Waals surface area contributed by atoms with Crippen LogP contribution in [-0.4, -0.2) is 19.2 Å². The van der Waals surface area contributed by atoms with Gasteiger partial charge in [-0.3, -0.25) is 0 Å². The number of amides is 2. The quantitative estimate of drug-likeness (QED) is 0.727. The molecule has 0 spiro atoms. The Bertz CT molecular complexity index is 442. The van der Waals surface area contributed by atoms with Crippen LogP contribution in [0.5, 0.6) is 5.75 Å². The van der Waals surface area contributed by atoms with Gasteiger partial charge in [0.1, 0.15) is 5.75 Å². The lowest BCUT2D eigenvalue weighted by molar-refractivity contribution is 0.236. The van der Waals surface area contributed by atoms with Gasteiger partial charge >= 0.3 is 6.03 Å². The maximum Gasteiger partial charge on any atom is 0.315 e. The van der Waals surface area contributed by atoms with Crippen molar-refractivity contribution in [3.05, 3.63) is 23.8 Å². The minimum Gasteiger partial charge on any atom is -0.496 e. The Morgan fingerprint density at radius 3 is 2.84 bits per heavy atom. The van der Waals surface area contributed by atoms with Crippen LogP contribution in [0, 0.1) is 0 Å². The molecule has 0 heterocycles. The maximum atomic E-state index is 11.8. The van der Waals surface area contributed by atoms with Crippen LogP contribution in [0.2, 0.25) is 0 Å². The predicted octanol–water partition coefficient (Wildman–Crippen LogP) is 2.02. The van der Waals surface area contributed by atoms with Crippen LogP contribution in [0.4, 0.5) is 10.5 Å². The fraction of sp³-hybridized carbons (Fsp3) is 0.500. The first-order valence-electron chi connectivity index (χ1n) is 6.66. The molecule has 0 unspecified atom stereocenters. The molecule has 1 aromatic carbocycles. The van der Waals surface area contributed by atoms with Crippen molar-refractivity contribution in [3.63, 3.8) is 0 Å². The fourth-order valence-electron chi connectivity index (χ4n) is 2.42. The number of nitrogens with one attached hydrogen (secondary N) is 2. The third-order valence-corrected chi connectivity index (χ3v) is 3.43. The molecule has 0 saturated heterocycles. The first-order valence-corrected chi connectivity index (χ1v) is 6.66. The molecule has 0 aliphatic heterocycles. The highest BCUT2D eigenvalue weighted by Gasteiger charge is 2.16. The molecular weight excluding hydrogens is 242 g/mol. The largest absolute Gasteiger partial charge is 0.496 e. The average Bonchev–Trinajstić information content (AvgIpc) is 2.89. The van der Waals surface area contributed by atoms with Gasteiger partial charge in [0.15, 0.2) is 0 Å². The summed E-state index contributed by atoms with van der Waals surface area (Å²) in [4.78, 5) is 11.8. The van der Waals surface area contributed by atoms with Crippen LogP contribution in [-0.2, 0) is 6.54 Å². The number of rotatable bonds is 4. The Kier molecular flexibility index (Phi) is 4.49. The molecule has 104 valence electrons. The van der Waals surface area contributed by atoms with Crippen molar-refractivity contribution < 1.29 is 9.53 Å². The monoisotopic (exact) mass is 263 g/mol. The number of hydrogen-bond donors (Lipinski definition) is 3. The summed E-state index contributed by atoms with van der Waals surface area (Å²) >= 11 is 0. The van der Waals surface area contributed by atoms with Gasteiger partial charge in [0.25, 0.3) is 0 Å². The van der Waals surface area contributed by atoms with Gasteiger partial charge in [0, 0.05) is 23.8 Å². The molecule has 1 aliphatic carbocycles. The maximum absolute atomic E-state index is 11.8. The predicted molar refractivity (Wildman–Crippen MR) is 75.0 cm³/mol. The van der Waals surface area contributed by atoms with E-state index in [1.807, 2.05) is 6.07 Å². The van der Waals surface area contributed by atoms with Crippen LogP contribution in [0.1, 0.15) is 31.2 Å². The van der Waals surface area contributed by atoms with E-state index in [9.17, 15) is 4.79 Å². The minimum absolute atomic E-state index is 0.128. The topological polar surface area (TPSA) is 76.4 Å². The number of nitrogen functional groups attached to an aromatic ring is 1. The van der Waals surface area contributed by atoms with Gasteiger partial charge in [0.2, 0.25) is 0 Å². The van der Waals surface area contributed by atoms with Crippen molar-refractivity contribution in [2.75, 3.05) is 12.8 Å². The zero-order chi connectivity index (χ0) is 13.7. The lowest BCUT2D eigenvalue weighted by Crippen LogP contribution is -2.40. The van der Waals surface area contributed by atoms with E-state index in [2.05, 4.69) is 10.6 Å². The van der Waals surface area contributed by atoms with Crippen molar-refractivity contribution in [2.45, 2.75) is 38.3 Å². The van der Waals surface area contributed by atoms with Crippen molar-refractivity contribution in [1.29, 1.82) is 0 Å². The molecule has 1 aliphatic rings. The summed E-state index contributed by atoms with van der Waals surface area (Å²) in [6.45, 7) is 0.409. The zero-order valence-corrected chi connectivity index (χ0v) is 11.2. The van der Waals surface area contributed by atoms with E-state index in [1.54, 1.807) is 19.2 Å². The van der Waals surface area contributed by atoms with E-state index in [1.165, 1.54) is 12.8 Å². The highest BCUT2D eigenvalue weighted by atomic mass is 16.5. The molecule has 1 saturated carbocycles. The third-order valence-electron chi connectivity index (χ3n) is 3.43. The molecule has 0 bridgehead atoms. The minimum atomic E-state index is -0.128. The molecule has 1 aromatic rings. The van der Waals surface area contributed by atoms with E-state index in [4.69, 9.17) is 10.5 Å². The third kappa shape index (κ3) is 3.77. The van der Waals surface area contributed by atoms with Crippen molar-refractivity contribution >= 4 is 11.7 Å². The number of nitrogens with two attached hydrogens (primary N) is 1. The summed E-state index contributed by atoms with van der Waals surface area (Å²) in [6.07, 6.45) is 4.56. The van der Waals surface area contributed by atoms with E-state index in [0.29, 0.717) is 18.3 Å². The van der Waals surface area contributed by atoms with Gasteiger partial charge in [-0.15, -0.1) is 0 Å². The van der Waals surface area contributed by atoms with Gasteiger partial charge in [-0.1, -0.05) is 12.8 Å². The van der Waals surface area contributed by atoms with Crippen LogP contribution in [0.25, 0.3) is 0 Å². The summed E-state index contributed by atoms with van der Waals surface area (Å²) in [6, 6.07) is 5.59. The second kappa shape index (κ2) is 6.31. The van der Waals surface area contributed by atoms with Gasteiger partial charge in [-0.2, -0.15) is 0 Å². The molecule has 5 heteroatoms. The summed E-state index contributed by atoms with van der Waals surface area (Å²) in [7, 11) is 1.60. The molecule has 2 amide bonds. The number of benzene rings is 1. The second-order valence-electron chi connectivity index (χ2n) is 4.88. The van der Waals surface area contributed by atoms with E-state index in [0.717, 1.165) is 24.2 Å². The fourth-order valence-corrected chi connectivity index (χ4v) is 2.42. The van der Waals surface area contributed by atoms with Gasteiger partial charge in [-0.25, -0.2) is 4.79 Å². The van der Waals surface area contributed by atoms with Crippen molar-refractivity contribution in [3.8, 4) is 5.75 Å². The number of methoxy groups -OCH3 is 1. The first kappa shape index (κ1) is 13.5. The number of carbonyl (C=O) groups is 1. The number of anilines is 1. The summed E-state index contributed by atoms with van der Waals surface area (Å²) in [5.41, 5.74) is 7.28. The molecule has 0 atom stereocenters. The average molecular weight is 263 g/mol. The van der Waals surface area contributed by atoms with E-state index < -0.39 is 0 Å². The lowest BCUT2D eigenvalue weighted by atomic mass is 10.2. The van der Waals surface area contributed by atoms with E-state index >= 15 is 0 Å². The summed E-state index contributed by atoms with van der Waals surface area (Å²) in [5, 5.41) is 5.82. The van der Waals surface area contributed by atoms with Crippen LogP contribution in [0.15, 0.2) is 18.2 Å². The molecule has 1 fully saturated rings. The van der Waals surface area contributed by atoms with Crippen molar-refractivity contribution in [1.82, 2.24) is 10.6 Å². The Morgan fingerprint density at radius 2 is 2.16 bits per heavy atom. The lowest BCUT2D eigenvalue weighted by Gasteiger charge is -2.14. The molecule has 2 rings (SSSR count). The second-order valence-corrected chi connectivity index (χ2v) is 4.88. The van der Waals surface area contributed by atoms with Gasteiger partial charge in [-0.05, 0) is 31.0 Å². The Hall–Kier alpha value is -1.91. The van der Waals surface area contributed by atoms with E-state index in [-0.39, 0.29) is 6.03 Å². The van der Waals surface area contributed by atoms with Crippen molar-refractivity contribution in [2.24, 2.45) is 0 Å². The SMILES string of the molecule is COc1ccc(N)cc1CNC(=O)NC1CCCC1. The van der Waals surface area contributed by atoms with Crippen LogP contribution in [0.3, 0.4) is 0 Å². The van der Waals surface area contributed by atoms with Crippen LogP contribution >= 0.6 is 0 Å². The number of ether oxygens (including phenoxy) is 1. The highest BCUT2D eigenvalue weighted by Crippen LogP contribution is 2.21. The first-order chi connectivity index (χ1) is 9.19. The number of carbonyl (C=O) groups excluding carboxylic acids is 1. The van der Waals surface area contributed by atoms with Gasteiger partial charge < -0.3 is 21.1 Å². The molecular formula is C14H21N3O2. The standard InChI is InChI=1S/C14H21N3O2/c1-19-13-7-6-11(15)8-10(13)9-16-14(18)17-12-4-2-3-5-12/h6-8,12H,2-5,9,15H2,1H3,(H2,16,17,18). The Labute approximate surface area is 113 Å². The Morgan fingerprint density at radius 1 is 1.42 bits per heavy atom. The molecule has 4 N–H and O–H groups in total. The molecule has 5 nitrogen and oxygen atoms in total. The summed E-state index contributed by atoms with van der Waals surface area (Å²) < 4.78 is 5.24. The smallest absolute Gasteiger partial charge is 0.315 e.